The van der Waals surface area contributed by atoms with Gasteiger partial charge in [0, 0.05) is 37.8 Å². The number of carbonyl (C=O) groups is 2. The molecule has 3 amide bonds. The van der Waals surface area contributed by atoms with Crippen LogP contribution in [0.2, 0.25) is 5.02 Å². The lowest BCUT2D eigenvalue weighted by molar-refractivity contribution is -0.145. The quantitative estimate of drug-likeness (QED) is 0.816. The number of nitrogens with zero attached hydrogens (tertiary/aromatic N) is 2. The van der Waals surface area contributed by atoms with Crippen LogP contribution in [0.25, 0.3) is 0 Å². The fourth-order valence-electron chi connectivity index (χ4n) is 2.59. The van der Waals surface area contributed by atoms with Crippen molar-refractivity contribution in [2.24, 2.45) is 0 Å². The van der Waals surface area contributed by atoms with Crippen LogP contribution in [0.1, 0.15) is 18.9 Å². The molecule has 1 aliphatic rings. The summed E-state index contributed by atoms with van der Waals surface area (Å²) in [5, 5.41) is 3.45. The molecule has 0 saturated carbocycles. The largest absolute Gasteiger partial charge is 0.493 e. The summed E-state index contributed by atoms with van der Waals surface area (Å²) in [4.78, 5) is 27.6. The Labute approximate surface area is 159 Å². The Balaban J connectivity index is 1.96. The van der Waals surface area contributed by atoms with Gasteiger partial charge in [-0.15, -0.1) is 0 Å². The lowest BCUT2D eigenvalue weighted by Gasteiger charge is -2.33. The van der Waals surface area contributed by atoms with Crippen LogP contribution < -0.4 is 10.1 Å². The van der Waals surface area contributed by atoms with Crippen molar-refractivity contribution >= 4 is 23.5 Å². The van der Waals surface area contributed by atoms with Gasteiger partial charge in [-0.05, 0) is 24.6 Å². The van der Waals surface area contributed by atoms with Gasteiger partial charge in [0.2, 0.25) is 0 Å². The second-order valence-corrected chi connectivity index (χ2v) is 6.73. The Morgan fingerprint density at radius 3 is 2.88 bits per heavy atom. The molecule has 7 nitrogen and oxygen atoms in total. The molecular weight excluding hydrogens is 358 g/mol. The zero-order valence-corrected chi connectivity index (χ0v) is 16.2. The van der Waals surface area contributed by atoms with Gasteiger partial charge in [-0.3, -0.25) is 4.79 Å². The monoisotopic (exact) mass is 383 g/mol. The van der Waals surface area contributed by atoms with Crippen molar-refractivity contribution in [2.45, 2.75) is 26.0 Å². The van der Waals surface area contributed by atoms with E-state index in [4.69, 9.17) is 21.1 Å². The number of amides is 3. The summed E-state index contributed by atoms with van der Waals surface area (Å²) in [5.74, 6) is 0.562. The van der Waals surface area contributed by atoms with Gasteiger partial charge in [-0.25, -0.2) is 4.79 Å². The van der Waals surface area contributed by atoms with Gasteiger partial charge in [-0.1, -0.05) is 18.5 Å². The number of carbonyl (C=O) groups excluding carboxylic acids is 2. The molecule has 1 aromatic carbocycles. The predicted octanol–water partition coefficient (Wildman–Crippen LogP) is 2.13. The van der Waals surface area contributed by atoms with Crippen molar-refractivity contribution in [1.29, 1.82) is 0 Å². The lowest BCUT2D eigenvalue weighted by atomic mass is 10.2. The highest BCUT2D eigenvalue weighted by Crippen LogP contribution is 2.23. The van der Waals surface area contributed by atoms with Crippen molar-refractivity contribution in [3.63, 3.8) is 0 Å². The first kappa shape index (κ1) is 20.3. The third-order valence-electron chi connectivity index (χ3n) is 3.98. The number of morpholine rings is 1. The molecule has 1 aromatic rings. The number of hydrogen-bond acceptors (Lipinski definition) is 4. The molecule has 2 rings (SSSR count). The zero-order chi connectivity index (χ0) is 19.1. The van der Waals surface area contributed by atoms with Crippen LogP contribution in [-0.2, 0) is 16.1 Å². The van der Waals surface area contributed by atoms with E-state index in [1.54, 1.807) is 37.2 Å². The van der Waals surface area contributed by atoms with Crippen LogP contribution in [0.15, 0.2) is 18.2 Å². The Kier molecular flexibility index (Phi) is 7.53. The number of rotatable bonds is 6. The normalized spacial score (nSPS) is 16.9. The average molecular weight is 384 g/mol. The highest BCUT2D eigenvalue weighted by atomic mass is 35.5. The molecule has 1 saturated heterocycles. The second-order valence-electron chi connectivity index (χ2n) is 6.30. The summed E-state index contributed by atoms with van der Waals surface area (Å²) in [6.07, 6.45) is 0.267. The smallest absolute Gasteiger partial charge is 0.317 e. The first-order valence-electron chi connectivity index (χ1n) is 8.69. The van der Waals surface area contributed by atoms with E-state index in [0.29, 0.717) is 37.1 Å². The first-order valence-corrected chi connectivity index (χ1v) is 9.07. The van der Waals surface area contributed by atoms with Crippen molar-refractivity contribution in [3.05, 3.63) is 28.8 Å². The molecule has 0 spiro atoms. The first-order chi connectivity index (χ1) is 12.4. The van der Waals surface area contributed by atoms with Gasteiger partial charge in [0.15, 0.2) is 6.10 Å². The van der Waals surface area contributed by atoms with Gasteiger partial charge in [0.25, 0.3) is 5.91 Å². The Morgan fingerprint density at radius 2 is 2.19 bits per heavy atom. The lowest BCUT2D eigenvalue weighted by Crippen LogP contribution is -2.53. The third kappa shape index (κ3) is 5.51. The fraction of sp³-hybridized carbons (Fsp3) is 0.556. The van der Waals surface area contributed by atoms with Gasteiger partial charge in [0.1, 0.15) is 5.75 Å². The summed E-state index contributed by atoms with van der Waals surface area (Å²) >= 11 is 6.06. The molecule has 144 valence electrons. The summed E-state index contributed by atoms with van der Waals surface area (Å²) in [6.45, 7) is 3.93. The van der Waals surface area contributed by atoms with E-state index >= 15 is 0 Å². The maximum Gasteiger partial charge on any atom is 0.317 e. The molecular formula is C18H26ClN3O4. The van der Waals surface area contributed by atoms with Crippen molar-refractivity contribution in [3.8, 4) is 5.75 Å². The molecule has 1 atom stereocenters. The Bertz CT molecular complexity index is 639. The molecule has 0 aromatic heterocycles. The molecule has 0 radical (unpaired) electrons. The molecule has 1 aliphatic heterocycles. The summed E-state index contributed by atoms with van der Waals surface area (Å²) in [6, 6.07) is 5.10. The fourth-order valence-corrected chi connectivity index (χ4v) is 2.79. The standard InChI is InChI=1S/C18H26ClN3O4/c1-4-8-25-15-6-5-14(19)10-13(15)11-20-18(24)22-7-9-26-16(12-22)17(23)21(2)3/h5-6,10,16H,4,7-9,11-12H2,1-3H3,(H,20,24)/t16-/m0/s1. The van der Waals surface area contributed by atoms with Gasteiger partial charge < -0.3 is 24.6 Å². The summed E-state index contributed by atoms with van der Waals surface area (Å²) in [7, 11) is 3.34. The number of urea groups is 1. The molecule has 0 bridgehead atoms. The maximum atomic E-state index is 12.5. The van der Waals surface area contributed by atoms with Crippen LogP contribution in [-0.4, -0.2) is 68.2 Å². The van der Waals surface area contributed by atoms with Gasteiger partial charge in [0.05, 0.1) is 19.8 Å². The molecule has 0 aliphatic carbocycles. The highest BCUT2D eigenvalue weighted by Gasteiger charge is 2.30. The van der Waals surface area contributed by atoms with Crippen LogP contribution >= 0.6 is 11.6 Å². The highest BCUT2D eigenvalue weighted by molar-refractivity contribution is 6.30. The number of likely N-dealkylation sites (N-methyl/N-ethyl adjacent to an activating group) is 1. The number of nitrogens with one attached hydrogen (secondary N) is 1. The minimum atomic E-state index is -0.626. The van der Waals surface area contributed by atoms with E-state index in [2.05, 4.69) is 5.32 Å². The van der Waals surface area contributed by atoms with Crippen molar-refractivity contribution in [1.82, 2.24) is 15.1 Å². The van der Waals surface area contributed by atoms with E-state index in [1.807, 2.05) is 6.92 Å². The van der Waals surface area contributed by atoms with Crippen molar-refractivity contribution < 1.29 is 19.1 Å². The van der Waals surface area contributed by atoms with E-state index in [9.17, 15) is 9.59 Å². The number of ether oxygens (including phenoxy) is 2. The third-order valence-corrected chi connectivity index (χ3v) is 4.22. The van der Waals surface area contributed by atoms with Crippen molar-refractivity contribution in [2.75, 3.05) is 40.4 Å². The Morgan fingerprint density at radius 1 is 1.42 bits per heavy atom. The van der Waals surface area contributed by atoms with Crippen LogP contribution in [0.3, 0.4) is 0 Å². The molecule has 0 unspecified atom stereocenters. The zero-order valence-electron chi connectivity index (χ0n) is 15.5. The topological polar surface area (TPSA) is 71.1 Å². The predicted molar refractivity (Wildman–Crippen MR) is 99.5 cm³/mol. The van der Waals surface area contributed by atoms with E-state index in [-0.39, 0.29) is 18.5 Å². The van der Waals surface area contributed by atoms with E-state index in [0.717, 1.165) is 12.0 Å². The van der Waals surface area contributed by atoms with E-state index < -0.39 is 6.10 Å². The maximum absolute atomic E-state index is 12.5. The summed E-state index contributed by atoms with van der Waals surface area (Å²) in [5.41, 5.74) is 0.813. The molecule has 1 N–H and O–H groups in total. The molecule has 26 heavy (non-hydrogen) atoms. The second kappa shape index (κ2) is 9.64. The van der Waals surface area contributed by atoms with Crippen LogP contribution in [0.5, 0.6) is 5.75 Å². The average Bonchev–Trinajstić information content (AvgIpc) is 2.64. The SMILES string of the molecule is CCCOc1ccc(Cl)cc1CNC(=O)N1CCO[C@H](C(=O)N(C)C)C1. The van der Waals surface area contributed by atoms with Gasteiger partial charge in [-0.2, -0.15) is 0 Å². The number of halogens is 1. The van der Waals surface area contributed by atoms with Gasteiger partial charge >= 0.3 is 6.03 Å². The minimum absolute atomic E-state index is 0.146. The number of benzene rings is 1. The number of hydrogen-bond donors (Lipinski definition) is 1. The van der Waals surface area contributed by atoms with E-state index in [1.165, 1.54) is 4.90 Å². The summed E-state index contributed by atoms with van der Waals surface area (Å²) < 4.78 is 11.2. The van der Waals surface area contributed by atoms with Crippen LogP contribution in [0, 0.1) is 0 Å². The molecule has 1 fully saturated rings. The molecule has 1 heterocycles. The Hall–Kier alpha value is -1.99. The minimum Gasteiger partial charge on any atom is -0.493 e. The molecule has 8 heteroatoms. The van der Waals surface area contributed by atoms with Crippen LogP contribution in [0.4, 0.5) is 4.79 Å².